The molecule has 3 N–H and O–H groups in total. The normalized spacial score (nSPS) is 27.3. The van der Waals surface area contributed by atoms with Gasteiger partial charge in [0, 0.05) is 23.3 Å². The molecule has 2 atom stereocenters. The highest BCUT2D eigenvalue weighted by Crippen LogP contribution is 2.33. The molecule has 0 aliphatic carbocycles. The summed E-state index contributed by atoms with van der Waals surface area (Å²) in [5, 5.41) is 3.67. The van der Waals surface area contributed by atoms with Gasteiger partial charge in [-0.15, -0.1) is 0 Å². The molecule has 1 fully saturated rings. The largest absolute Gasteiger partial charge is 0.378 e. The van der Waals surface area contributed by atoms with Crippen LogP contribution in [0.25, 0.3) is 0 Å². The van der Waals surface area contributed by atoms with Gasteiger partial charge in [0.25, 0.3) is 0 Å². The molecule has 1 heterocycles. The van der Waals surface area contributed by atoms with Crippen molar-refractivity contribution in [1.29, 1.82) is 0 Å². The first-order chi connectivity index (χ1) is 9.08. The first kappa shape index (κ1) is 14.8. The van der Waals surface area contributed by atoms with Gasteiger partial charge in [-0.3, -0.25) is 0 Å². The Kier molecular flexibility index (Phi) is 4.87. The fourth-order valence-electron chi connectivity index (χ4n) is 2.65. The van der Waals surface area contributed by atoms with E-state index >= 15 is 0 Å². The molecule has 19 heavy (non-hydrogen) atoms. The SMILES string of the molecule is CCC1CC(CN)(Nc2cc(C)ccc2Br)CCO1. The van der Waals surface area contributed by atoms with E-state index in [1.54, 1.807) is 0 Å². The van der Waals surface area contributed by atoms with Crippen LogP contribution >= 0.6 is 15.9 Å². The van der Waals surface area contributed by atoms with E-state index in [1.165, 1.54) is 5.56 Å². The number of hydrogen-bond acceptors (Lipinski definition) is 3. The molecule has 1 saturated heterocycles. The standard InChI is InChI=1S/C15H23BrN2O/c1-3-12-9-15(10-17,6-7-19-12)18-14-8-11(2)4-5-13(14)16/h4-5,8,12,18H,3,6-7,9-10,17H2,1-2H3. The molecule has 1 aromatic rings. The Hall–Kier alpha value is -0.580. The highest BCUT2D eigenvalue weighted by atomic mass is 79.9. The second-order valence-electron chi connectivity index (χ2n) is 5.45. The van der Waals surface area contributed by atoms with Crippen molar-refractivity contribution >= 4 is 21.6 Å². The third-order valence-electron chi connectivity index (χ3n) is 3.92. The molecule has 2 unspecified atom stereocenters. The van der Waals surface area contributed by atoms with Crippen LogP contribution in [0.1, 0.15) is 31.7 Å². The van der Waals surface area contributed by atoms with Crippen molar-refractivity contribution in [2.45, 2.75) is 44.8 Å². The lowest BCUT2D eigenvalue weighted by Gasteiger charge is -2.41. The lowest BCUT2D eigenvalue weighted by Crippen LogP contribution is -2.52. The Morgan fingerprint density at radius 2 is 2.32 bits per heavy atom. The predicted molar refractivity (Wildman–Crippen MR) is 83.6 cm³/mol. The predicted octanol–water partition coefficient (Wildman–Crippen LogP) is 3.46. The third-order valence-corrected chi connectivity index (χ3v) is 4.61. The minimum atomic E-state index is -0.0464. The van der Waals surface area contributed by atoms with E-state index in [4.69, 9.17) is 10.5 Å². The molecule has 1 aromatic carbocycles. The molecule has 4 heteroatoms. The summed E-state index contributed by atoms with van der Waals surface area (Å²) in [6, 6.07) is 6.35. The summed E-state index contributed by atoms with van der Waals surface area (Å²) in [5.41, 5.74) is 8.39. The zero-order valence-electron chi connectivity index (χ0n) is 11.7. The monoisotopic (exact) mass is 326 g/mol. The maximum Gasteiger partial charge on any atom is 0.0595 e. The fourth-order valence-corrected chi connectivity index (χ4v) is 3.00. The molecule has 106 valence electrons. The van der Waals surface area contributed by atoms with Crippen LogP contribution in [0.15, 0.2) is 22.7 Å². The van der Waals surface area contributed by atoms with Crippen molar-refractivity contribution < 1.29 is 4.74 Å². The van der Waals surface area contributed by atoms with E-state index in [0.717, 1.165) is 36.0 Å². The number of halogens is 1. The quantitative estimate of drug-likeness (QED) is 0.890. The first-order valence-electron chi connectivity index (χ1n) is 6.94. The Morgan fingerprint density at radius 3 is 3.00 bits per heavy atom. The van der Waals surface area contributed by atoms with Crippen LogP contribution in [0.5, 0.6) is 0 Å². The number of benzene rings is 1. The van der Waals surface area contributed by atoms with Crippen molar-refractivity contribution in [2.75, 3.05) is 18.5 Å². The Morgan fingerprint density at radius 1 is 1.53 bits per heavy atom. The van der Waals surface area contributed by atoms with E-state index in [-0.39, 0.29) is 5.54 Å². The lowest BCUT2D eigenvalue weighted by molar-refractivity contribution is -0.0126. The number of aryl methyl sites for hydroxylation is 1. The summed E-state index contributed by atoms with van der Waals surface area (Å²) >= 11 is 3.61. The van der Waals surface area contributed by atoms with Crippen molar-refractivity contribution in [2.24, 2.45) is 5.73 Å². The second-order valence-corrected chi connectivity index (χ2v) is 6.30. The minimum absolute atomic E-state index is 0.0464. The van der Waals surface area contributed by atoms with Crippen molar-refractivity contribution in [1.82, 2.24) is 0 Å². The number of anilines is 1. The smallest absolute Gasteiger partial charge is 0.0595 e. The van der Waals surface area contributed by atoms with Gasteiger partial charge in [0.15, 0.2) is 0 Å². The molecule has 1 aliphatic rings. The lowest BCUT2D eigenvalue weighted by atomic mass is 9.85. The molecule has 0 saturated carbocycles. The van der Waals surface area contributed by atoms with Crippen LogP contribution in [-0.2, 0) is 4.74 Å². The molecule has 3 nitrogen and oxygen atoms in total. The molecule has 0 aromatic heterocycles. The Balaban J connectivity index is 2.20. The molecule has 0 amide bonds. The van der Waals surface area contributed by atoms with Crippen LogP contribution < -0.4 is 11.1 Å². The van der Waals surface area contributed by atoms with Gasteiger partial charge >= 0.3 is 0 Å². The highest BCUT2D eigenvalue weighted by Gasteiger charge is 2.35. The fraction of sp³-hybridized carbons (Fsp3) is 0.600. The number of ether oxygens (including phenoxy) is 1. The number of nitrogens with two attached hydrogens (primary N) is 1. The van der Waals surface area contributed by atoms with Crippen LogP contribution in [0.4, 0.5) is 5.69 Å². The van der Waals surface area contributed by atoms with Gasteiger partial charge in [-0.25, -0.2) is 0 Å². The zero-order chi connectivity index (χ0) is 13.9. The topological polar surface area (TPSA) is 47.3 Å². The van der Waals surface area contributed by atoms with E-state index in [0.29, 0.717) is 12.6 Å². The van der Waals surface area contributed by atoms with Crippen LogP contribution in [-0.4, -0.2) is 24.8 Å². The Labute approximate surface area is 124 Å². The molecular formula is C15H23BrN2O. The summed E-state index contributed by atoms with van der Waals surface area (Å²) in [4.78, 5) is 0. The first-order valence-corrected chi connectivity index (χ1v) is 7.74. The van der Waals surface area contributed by atoms with Crippen molar-refractivity contribution in [3.05, 3.63) is 28.2 Å². The van der Waals surface area contributed by atoms with E-state index in [2.05, 4.69) is 53.3 Å². The average molecular weight is 327 g/mol. The van der Waals surface area contributed by atoms with Gasteiger partial charge in [0.1, 0.15) is 0 Å². The van der Waals surface area contributed by atoms with Gasteiger partial charge in [-0.1, -0.05) is 13.0 Å². The van der Waals surface area contributed by atoms with Gasteiger partial charge in [-0.05, 0) is 59.8 Å². The maximum absolute atomic E-state index is 6.06. The molecule has 2 rings (SSSR count). The summed E-state index contributed by atoms with van der Waals surface area (Å²) in [5.74, 6) is 0. The van der Waals surface area contributed by atoms with Crippen molar-refractivity contribution in [3.8, 4) is 0 Å². The van der Waals surface area contributed by atoms with Gasteiger partial charge in [-0.2, -0.15) is 0 Å². The number of hydrogen-bond donors (Lipinski definition) is 2. The van der Waals surface area contributed by atoms with E-state index in [1.807, 2.05) is 0 Å². The van der Waals surface area contributed by atoms with Crippen LogP contribution in [0, 0.1) is 6.92 Å². The van der Waals surface area contributed by atoms with Crippen LogP contribution in [0.2, 0.25) is 0 Å². The number of nitrogens with one attached hydrogen (secondary N) is 1. The molecule has 0 radical (unpaired) electrons. The van der Waals surface area contributed by atoms with Gasteiger partial charge in [0.2, 0.25) is 0 Å². The van der Waals surface area contributed by atoms with Crippen molar-refractivity contribution in [3.63, 3.8) is 0 Å². The van der Waals surface area contributed by atoms with E-state index < -0.39 is 0 Å². The molecule has 0 spiro atoms. The third kappa shape index (κ3) is 3.50. The van der Waals surface area contributed by atoms with E-state index in [9.17, 15) is 0 Å². The molecule has 1 aliphatic heterocycles. The molecular weight excluding hydrogens is 304 g/mol. The van der Waals surface area contributed by atoms with Crippen LogP contribution in [0.3, 0.4) is 0 Å². The zero-order valence-corrected chi connectivity index (χ0v) is 13.3. The Bertz CT molecular complexity index is 438. The van der Waals surface area contributed by atoms with Gasteiger partial charge < -0.3 is 15.8 Å². The number of rotatable bonds is 4. The summed E-state index contributed by atoms with van der Waals surface area (Å²) in [6.45, 7) is 5.69. The summed E-state index contributed by atoms with van der Waals surface area (Å²) < 4.78 is 6.86. The summed E-state index contributed by atoms with van der Waals surface area (Å²) in [7, 11) is 0. The summed E-state index contributed by atoms with van der Waals surface area (Å²) in [6.07, 6.45) is 3.28. The van der Waals surface area contributed by atoms with Gasteiger partial charge in [0.05, 0.1) is 11.6 Å². The highest BCUT2D eigenvalue weighted by molar-refractivity contribution is 9.10. The maximum atomic E-state index is 6.06. The minimum Gasteiger partial charge on any atom is -0.378 e. The molecule has 0 bridgehead atoms. The average Bonchev–Trinajstić information content (AvgIpc) is 2.43. The second kappa shape index (κ2) is 6.25.